The van der Waals surface area contributed by atoms with Crippen LogP contribution in [0.25, 0.3) is 0 Å². The molecule has 1 aliphatic heterocycles. The molecule has 144 valence electrons. The van der Waals surface area contributed by atoms with Crippen LogP contribution < -0.4 is 10.1 Å². The van der Waals surface area contributed by atoms with E-state index in [2.05, 4.69) is 5.32 Å². The van der Waals surface area contributed by atoms with E-state index < -0.39 is 10.0 Å². The molecule has 0 radical (unpaired) electrons. The molecule has 1 N–H and O–H groups in total. The largest absolute Gasteiger partial charge is 0.496 e. The summed E-state index contributed by atoms with van der Waals surface area (Å²) in [6.07, 6.45) is 0. The second kappa shape index (κ2) is 8.08. The van der Waals surface area contributed by atoms with E-state index in [1.165, 1.54) is 23.5 Å². The van der Waals surface area contributed by atoms with Crippen LogP contribution >= 0.6 is 0 Å². The van der Waals surface area contributed by atoms with Gasteiger partial charge in [0.05, 0.1) is 30.8 Å². The van der Waals surface area contributed by atoms with Crippen LogP contribution in [0.1, 0.15) is 17.3 Å². The van der Waals surface area contributed by atoms with E-state index in [4.69, 9.17) is 9.47 Å². The van der Waals surface area contributed by atoms with Crippen molar-refractivity contribution in [3.05, 3.63) is 54.1 Å². The average molecular weight is 390 g/mol. The molecule has 1 saturated heterocycles. The van der Waals surface area contributed by atoms with Gasteiger partial charge in [0.15, 0.2) is 0 Å². The number of amides is 1. The third-order valence-electron chi connectivity index (χ3n) is 4.36. The summed E-state index contributed by atoms with van der Waals surface area (Å²) in [5.74, 6) is 0.0719. The summed E-state index contributed by atoms with van der Waals surface area (Å²) in [7, 11) is -2.18. The highest BCUT2D eigenvalue weighted by atomic mass is 32.2. The lowest BCUT2D eigenvalue weighted by molar-refractivity contribution is 0.0393. The van der Waals surface area contributed by atoms with Gasteiger partial charge in [0.25, 0.3) is 5.91 Å². The molecule has 27 heavy (non-hydrogen) atoms. The molecule has 7 nitrogen and oxygen atoms in total. The van der Waals surface area contributed by atoms with Gasteiger partial charge >= 0.3 is 0 Å². The van der Waals surface area contributed by atoms with E-state index in [-0.39, 0.29) is 16.8 Å². The molecule has 3 rings (SSSR count). The second-order valence-electron chi connectivity index (χ2n) is 6.22. The maximum Gasteiger partial charge on any atom is 0.259 e. The number of para-hydroxylation sites is 1. The Labute approximate surface area is 158 Å². The Bertz CT molecular complexity index is 929. The zero-order valence-electron chi connectivity index (χ0n) is 15.2. The zero-order valence-corrected chi connectivity index (χ0v) is 16.0. The van der Waals surface area contributed by atoms with Gasteiger partial charge in [0.2, 0.25) is 10.0 Å². The highest BCUT2D eigenvalue weighted by Gasteiger charge is 2.31. The highest BCUT2D eigenvalue weighted by molar-refractivity contribution is 7.89. The number of nitrogens with one attached hydrogen (secondary N) is 1. The maximum absolute atomic E-state index is 12.9. The van der Waals surface area contributed by atoms with Gasteiger partial charge in [0.1, 0.15) is 5.75 Å². The van der Waals surface area contributed by atoms with Crippen molar-refractivity contribution in [3.63, 3.8) is 0 Å². The number of carbonyl (C=O) groups is 1. The molecule has 1 fully saturated rings. The topological polar surface area (TPSA) is 84.9 Å². The van der Waals surface area contributed by atoms with Crippen molar-refractivity contribution in [2.45, 2.75) is 17.9 Å². The number of sulfonamides is 1. The molecule has 8 heteroatoms. The van der Waals surface area contributed by atoms with Crippen molar-refractivity contribution < 1.29 is 22.7 Å². The summed E-state index contributed by atoms with van der Waals surface area (Å²) in [5.41, 5.74) is 0.767. The number of benzene rings is 2. The molecule has 2 aromatic rings. The van der Waals surface area contributed by atoms with Crippen LogP contribution in [0, 0.1) is 0 Å². The molecule has 1 heterocycles. The number of hydrogen-bond donors (Lipinski definition) is 1. The highest BCUT2D eigenvalue weighted by Crippen LogP contribution is 2.24. The van der Waals surface area contributed by atoms with Crippen molar-refractivity contribution in [3.8, 4) is 5.75 Å². The fourth-order valence-corrected chi connectivity index (χ4v) is 4.62. The lowest BCUT2D eigenvalue weighted by Gasteiger charge is -2.32. The van der Waals surface area contributed by atoms with Crippen molar-refractivity contribution in [1.29, 1.82) is 0 Å². The molecular weight excluding hydrogens is 368 g/mol. The molecule has 1 atom stereocenters. The fraction of sp³-hybridized carbons (Fsp3) is 0.316. The maximum atomic E-state index is 12.9. The first-order valence-electron chi connectivity index (χ1n) is 8.57. The van der Waals surface area contributed by atoms with Gasteiger partial charge < -0.3 is 14.8 Å². The number of anilines is 1. The van der Waals surface area contributed by atoms with E-state index in [1.54, 1.807) is 36.4 Å². The van der Waals surface area contributed by atoms with E-state index in [1.807, 2.05) is 6.92 Å². The Morgan fingerprint density at radius 3 is 2.74 bits per heavy atom. The number of rotatable bonds is 5. The Morgan fingerprint density at radius 2 is 2.00 bits per heavy atom. The Morgan fingerprint density at radius 1 is 1.22 bits per heavy atom. The molecule has 0 aromatic heterocycles. The Kier molecular flexibility index (Phi) is 5.79. The number of hydrogen-bond acceptors (Lipinski definition) is 5. The van der Waals surface area contributed by atoms with Gasteiger partial charge in [-0.15, -0.1) is 0 Å². The minimum atomic E-state index is -3.67. The number of carbonyl (C=O) groups excluding carboxylic acids is 1. The minimum absolute atomic E-state index is 0.133. The SMILES string of the molecule is COc1ccccc1C(=O)Nc1cccc(S(=O)(=O)N2CCOCC2C)c1. The number of methoxy groups -OCH3 is 1. The predicted molar refractivity (Wildman–Crippen MR) is 102 cm³/mol. The average Bonchev–Trinajstić information content (AvgIpc) is 2.68. The van der Waals surface area contributed by atoms with Crippen molar-refractivity contribution in [2.75, 3.05) is 32.2 Å². The predicted octanol–water partition coefficient (Wildman–Crippen LogP) is 2.36. The summed E-state index contributed by atoms with van der Waals surface area (Å²) < 4.78 is 37.8. The van der Waals surface area contributed by atoms with Crippen LogP contribution in [0.3, 0.4) is 0 Å². The van der Waals surface area contributed by atoms with Gasteiger partial charge in [-0.2, -0.15) is 4.31 Å². The van der Waals surface area contributed by atoms with Crippen molar-refractivity contribution in [2.24, 2.45) is 0 Å². The lowest BCUT2D eigenvalue weighted by atomic mass is 10.2. The first kappa shape index (κ1) is 19.3. The Balaban J connectivity index is 1.84. The van der Waals surface area contributed by atoms with Crippen LogP contribution in [-0.2, 0) is 14.8 Å². The molecule has 2 aromatic carbocycles. The smallest absolute Gasteiger partial charge is 0.259 e. The third-order valence-corrected chi connectivity index (χ3v) is 6.37. The van der Waals surface area contributed by atoms with Crippen LogP contribution in [0.5, 0.6) is 5.75 Å². The monoisotopic (exact) mass is 390 g/mol. The van der Waals surface area contributed by atoms with E-state index in [0.29, 0.717) is 36.8 Å². The number of nitrogens with zero attached hydrogens (tertiary/aromatic N) is 1. The van der Waals surface area contributed by atoms with Gasteiger partial charge in [-0.05, 0) is 37.3 Å². The van der Waals surface area contributed by atoms with E-state index >= 15 is 0 Å². The van der Waals surface area contributed by atoms with Gasteiger partial charge in [0, 0.05) is 18.3 Å². The first-order valence-corrected chi connectivity index (χ1v) is 10.0. The molecular formula is C19H22N2O5S. The molecule has 1 unspecified atom stereocenters. The molecule has 1 amide bonds. The summed E-state index contributed by atoms with van der Waals surface area (Å²) in [5, 5.41) is 2.73. The Hall–Kier alpha value is -2.42. The van der Waals surface area contributed by atoms with Crippen LogP contribution in [-0.4, -0.2) is 51.5 Å². The van der Waals surface area contributed by atoms with Gasteiger partial charge in [-0.3, -0.25) is 4.79 Å². The lowest BCUT2D eigenvalue weighted by Crippen LogP contribution is -2.46. The van der Waals surface area contributed by atoms with Crippen molar-refractivity contribution >= 4 is 21.6 Å². The molecule has 0 aliphatic carbocycles. The normalized spacial score (nSPS) is 18.1. The number of morpholine rings is 1. The molecule has 0 bridgehead atoms. The molecule has 0 saturated carbocycles. The van der Waals surface area contributed by atoms with Gasteiger partial charge in [-0.25, -0.2) is 8.42 Å². The summed E-state index contributed by atoms with van der Waals surface area (Å²) in [6, 6.07) is 12.8. The van der Waals surface area contributed by atoms with Crippen LogP contribution in [0.15, 0.2) is 53.4 Å². The summed E-state index contributed by atoms with van der Waals surface area (Å²) >= 11 is 0. The third kappa shape index (κ3) is 4.13. The minimum Gasteiger partial charge on any atom is -0.496 e. The zero-order chi connectivity index (χ0) is 19.4. The molecule has 0 spiro atoms. The van der Waals surface area contributed by atoms with Gasteiger partial charge in [-0.1, -0.05) is 18.2 Å². The van der Waals surface area contributed by atoms with E-state index in [9.17, 15) is 13.2 Å². The summed E-state index contributed by atoms with van der Waals surface area (Å²) in [6.45, 7) is 2.85. The quantitative estimate of drug-likeness (QED) is 0.847. The number of ether oxygens (including phenoxy) is 2. The summed E-state index contributed by atoms with van der Waals surface area (Å²) in [4.78, 5) is 12.7. The van der Waals surface area contributed by atoms with Crippen LogP contribution in [0.4, 0.5) is 5.69 Å². The fourth-order valence-electron chi connectivity index (χ4n) is 2.97. The van der Waals surface area contributed by atoms with Crippen molar-refractivity contribution in [1.82, 2.24) is 4.31 Å². The second-order valence-corrected chi connectivity index (χ2v) is 8.11. The molecule has 1 aliphatic rings. The van der Waals surface area contributed by atoms with E-state index in [0.717, 1.165) is 0 Å². The van der Waals surface area contributed by atoms with Crippen LogP contribution in [0.2, 0.25) is 0 Å². The standard InChI is InChI=1S/C19H22N2O5S/c1-14-13-26-11-10-21(14)27(23,24)16-7-5-6-15(12-16)20-19(22)17-8-3-4-9-18(17)25-2/h3-9,12,14H,10-11,13H2,1-2H3,(H,20,22). The first-order chi connectivity index (χ1) is 12.9.